The first-order valence-corrected chi connectivity index (χ1v) is 6.60. The highest BCUT2D eigenvalue weighted by molar-refractivity contribution is 5.28. The predicted octanol–water partition coefficient (Wildman–Crippen LogP) is 2.44. The molecule has 0 aliphatic rings. The smallest absolute Gasteiger partial charge is 0.141 e. The summed E-state index contributed by atoms with van der Waals surface area (Å²) in [7, 11) is 0. The van der Waals surface area contributed by atoms with Crippen LogP contribution in [0.1, 0.15) is 37.7 Å². The molecule has 102 valence electrons. The molecule has 0 aliphatic carbocycles. The van der Waals surface area contributed by atoms with E-state index in [1.165, 1.54) is 11.9 Å². The Morgan fingerprint density at radius 3 is 3.05 bits per heavy atom. The second-order valence-electron chi connectivity index (χ2n) is 4.47. The summed E-state index contributed by atoms with van der Waals surface area (Å²) < 4.78 is 5.62. The molecule has 1 aromatic heterocycles. The lowest BCUT2D eigenvalue weighted by molar-refractivity contribution is 0.317. The Bertz CT molecular complexity index is 484. The zero-order valence-corrected chi connectivity index (χ0v) is 11.4. The van der Waals surface area contributed by atoms with Crippen molar-refractivity contribution in [1.29, 1.82) is 0 Å². The molecule has 1 heterocycles. The number of nitrogens with zero attached hydrogens (tertiary/aromatic N) is 2. The minimum atomic E-state index is 0.141. The Labute approximate surface area is 113 Å². The third kappa shape index (κ3) is 4.06. The van der Waals surface area contributed by atoms with Gasteiger partial charge in [-0.25, -0.2) is 4.98 Å². The van der Waals surface area contributed by atoms with Crippen molar-refractivity contribution < 1.29 is 4.74 Å². The molecule has 19 heavy (non-hydrogen) atoms. The first kappa shape index (κ1) is 13.5. The summed E-state index contributed by atoms with van der Waals surface area (Å²) in [6, 6.07) is 8.29. The lowest BCUT2D eigenvalue weighted by Crippen LogP contribution is -2.19. The number of hydrogen-bond donors (Lipinski definition) is 2. The van der Waals surface area contributed by atoms with Gasteiger partial charge in [-0.1, -0.05) is 19.1 Å². The molecule has 2 aromatic rings. The molecule has 0 bridgehead atoms. The number of hydrogen-bond acceptors (Lipinski definition) is 4. The van der Waals surface area contributed by atoms with E-state index >= 15 is 0 Å². The summed E-state index contributed by atoms with van der Waals surface area (Å²) in [5, 5.41) is 10.1. The van der Waals surface area contributed by atoms with E-state index in [4.69, 9.17) is 4.74 Å². The van der Waals surface area contributed by atoms with Crippen LogP contribution in [-0.2, 0) is 6.54 Å². The van der Waals surface area contributed by atoms with Crippen LogP contribution in [0.4, 0.5) is 0 Å². The topological polar surface area (TPSA) is 62.8 Å². The molecule has 0 aliphatic heterocycles. The zero-order valence-electron chi connectivity index (χ0n) is 11.4. The van der Waals surface area contributed by atoms with Gasteiger partial charge in [0, 0.05) is 6.54 Å². The number of rotatable bonds is 7. The fourth-order valence-corrected chi connectivity index (χ4v) is 1.76. The fraction of sp³-hybridized carbons (Fsp3) is 0.429. The van der Waals surface area contributed by atoms with Gasteiger partial charge in [-0.15, -0.1) is 0 Å². The van der Waals surface area contributed by atoms with Crippen LogP contribution in [0.3, 0.4) is 0 Å². The van der Waals surface area contributed by atoms with E-state index in [-0.39, 0.29) is 6.04 Å². The molecule has 0 amide bonds. The quantitative estimate of drug-likeness (QED) is 0.802. The van der Waals surface area contributed by atoms with Crippen LogP contribution in [0.5, 0.6) is 5.75 Å². The lowest BCUT2D eigenvalue weighted by Gasteiger charge is -2.12. The molecule has 0 saturated carbocycles. The van der Waals surface area contributed by atoms with E-state index in [2.05, 4.69) is 46.5 Å². The molecule has 0 saturated heterocycles. The number of benzene rings is 1. The first-order valence-electron chi connectivity index (χ1n) is 6.60. The average Bonchev–Trinajstić information content (AvgIpc) is 2.97. The highest BCUT2D eigenvalue weighted by Gasteiger charge is 2.07. The number of nitrogens with one attached hydrogen (secondary N) is 2. The van der Waals surface area contributed by atoms with Crippen LogP contribution in [0.25, 0.3) is 0 Å². The fourth-order valence-electron chi connectivity index (χ4n) is 1.76. The average molecular weight is 260 g/mol. The van der Waals surface area contributed by atoms with Gasteiger partial charge in [-0.2, -0.15) is 5.10 Å². The Kier molecular flexibility index (Phi) is 4.92. The number of ether oxygens (including phenoxy) is 1. The molecule has 0 fully saturated rings. The van der Waals surface area contributed by atoms with Crippen LogP contribution in [0, 0.1) is 0 Å². The van der Waals surface area contributed by atoms with Crippen molar-refractivity contribution in [2.24, 2.45) is 0 Å². The maximum atomic E-state index is 5.62. The molecule has 2 rings (SSSR count). The maximum Gasteiger partial charge on any atom is 0.141 e. The van der Waals surface area contributed by atoms with E-state index in [9.17, 15) is 0 Å². The molecular weight excluding hydrogens is 240 g/mol. The summed E-state index contributed by atoms with van der Waals surface area (Å²) in [5.74, 6) is 1.77. The Morgan fingerprint density at radius 2 is 2.32 bits per heavy atom. The SMILES string of the molecule is CCCOc1cccc(CNC(C)c2ncn[nH]2)c1. The van der Waals surface area contributed by atoms with Gasteiger partial charge in [0.15, 0.2) is 0 Å². The van der Waals surface area contributed by atoms with Gasteiger partial charge >= 0.3 is 0 Å². The van der Waals surface area contributed by atoms with E-state index < -0.39 is 0 Å². The van der Waals surface area contributed by atoms with Gasteiger partial charge in [0.05, 0.1) is 12.6 Å². The highest BCUT2D eigenvalue weighted by atomic mass is 16.5. The summed E-state index contributed by atoms with van der Waals surface area (Å²) in [6.07, 6.45) is 2.54. The molecule has 1 atom stereocenters. The monoisotopic (exact) mass is 260 g/mol. The molecule has 5 heteroatoms. The zero-order chi connectivity index (χ0) is 13.5. The van der Waals surface area contributed by atoms with E-state index in [1.807, 2.05) is 12.1 Å². The van der Waals surface area contributed by atoms with Gasteiger partial charge < -0.3 is 10.1 Å². The predicted molar refractivity (Wildman–Crippen MR) is 73.9 cm³/mol. The summed E-state index contributed by atoms with van der Waals surface area (Å²) in [4.78, 5) is 4.13. The van der Waals surface area contributed by atoms with Crippen molar-refractivity contribution in [3.63, 3.8) is 0 Å². The van der Waals surface area contributed by atoms with Crippen LogP contribution < -0.4 is 10.1 Å². The Balaban J connectivity index is 1.88. The van der Waals surface area contributed by atoms with Gasteiger partial charge in [0.1, 0.15) is 17.9 Å². The van der Waals surface area contributed by atoms with Gasteiger partial charge in [0.25, 0.3) is 0 Å². The second kappa shape index (κ2) is 6.89. The normalized spacial score (nSPS) is 12.3. The van der Waals surface area contributed by atoms with E-state index in [1.54, 1.807) is 0 Å². The molecule has 1 unspecified atom stereocenters. The van der Waals surface area contributed by atoms with E-state index in [0.29, 0.717) is 0 Å². The lowest BCUT2D eigenvalue weighted by atomic mass is 10.2. The van der Waals surface area contributed by atoms with Gasteiger partial charge in [0.2, 0.25) is 0 Å². The standard InChI is InChI=1S/C14H20N4O/c1-3-7-19-13-6-4-5-12(8-13)9-15-11(2)14-16-10-17-18-14/h4-6,8,10-11,15H,3,7,9H2,1-2H3,(H,16,17,18). The molecule has 1 aromatic carbocycles. The summed E-state index contributed by atoms with van der Waals surface area (Å²) >= 11 is 0. The van der Waals surface area contributed by atoms with Crippen molar-refractivity contribution in [3.05, 3.63) is 42.0 Å². The summed E-state index contributed by atoms with van der Waals surface area (Å²) in [6.45, 7) is 5.68. The largest absolute Gasteiger partial charge is 0.494 e. The molecule has 2 N–H and O–H groups in total. The third-order valence-electron chi connectivity index (χ3n) is 2.83. The van der Waals surface area contributed by atoms with Crippen molar-refractivity contribution in [3.8, 4) is 5.75 Å². The minimum absolute atomic E-state index is 0.141. The van der Waals surface area contributed by atoms with Crippen LogP contribution in [0.15, 0.2) is 30.6 Å². The van der Waals surface area contributed by atoms with Crippen molar-refractivity contribution >= 4 is 0 Å². The number of aromatic nitrogens is 3. The van der Waals surface area contributed by atoms with Crippen molar-refractivity contribution in [1.82, 2.24) is 20.5 Å². The van der Waals surface area contributed by atoms with Crippen molar-refractivity contribution in [2.45, 2.75) is 32.9 Å². The Hall–Kier alpha value is -1.88. The number of aromatic amines is 1. The molecule has 5 nitrogen and oxygen atoms in total. The molecule has 0 spiro atoms. The minimum Gasteiger partial charge on any atom is -0.494 e. The third-order valence-corrected chi connectivity index (χ3v) is 2.83. The van der Waals surface area contributed by atoms with Gasteiger partial charge in [-0.05, 0) is 31.0 Å². The van der Waals surface area contributed by atoms with E-state index in [0.717, 1.165) is 31.1 Å². The van der Waals surface area contributed by atoms with Crippen LogP contribution >= 0.6 is 0 Å². The molecule has 0 radical (unpaired) electrons. The summed E-state index contributed by atoms with van der Waals surface area (Å²) in [5.41, 5.74) is 1.19. The second-order valence-corrected chi connectivity index (χ2v) is 4.47. The number of H-pyrrole nitrogens is 1. The van der Waals surface area contributed by atoms with Crippen LogP contribution in [-0.4, -0.2) is 21.8 Å². The van der Waals surface area contributed by atoms with Crippen LogP contribution in [0.2, 0.25) is 0 Å². The van der Waals surface area contributed by atoms with Gasteiger partial charge in [-0.3, -0.25) is 5.10 Å². The highest BCUT2D eigenvalue weighted by Crippen LogP contribution is 2.14. The first-order chi connectivity index (χ1) is 9.29. The van der Waals surface area contributed by atoms with Crippen molar-refractivity contribution in [2.75, 3.05) is 6.61 Å². The molecular formula is C14H20N4O. The Morgan fingerprint density at radius 1 is 1.42 bits per heavy atom. The maximum absolute atomic E-state index is 5.62.